The van der Waals surface area contributed by atoms with Gasteiger partial charge in [0.05, 0.1) is 0 Å². The maximum absolute atomic E-state index is 6.03. The summed E-state index contributed by atoms with van der Waals surface area (Å²) in [5, 5.41) is 0.210. The minimum atomic E-state index is 0.210. The molecule has 1 aliphatic heterocycles. The molecule has 0 unspecified atom stereocenters. The number of nitrogens with zero attached hydrogens (tertiary/aromatic N) is 6. The van der Waals surface area contributed by atoms with Crippen LogP contribution in [0.1, 0.15) is 26.7 Å². The van der Waals surface area contributed by atoms with Gasteiger partial charge in [-0.25, -0.2) is 4.98 Å². The number of rotatable bonds is 2. The lowest BCUT2D eigenvalue weighted by Crippen LogP contribution is -2.41. The Morgan fingerprint density at radius 3 is 2.70 bits per heavy atom. The normalized spacial score (nSPS) is 18.2. The summed E-state index contributed by atoms with van der Waals surface area (Å²) in [6.45, 7) is 6.40. The molecule has 2 aromatic heterocycles. The van der Waals surface area contributed by atoms with Crippen molar-refractivity contribution >= 4 is 17.5 Å². The van der Waals surface area contributed by atoms with Gasteiger partial charge in [-0.3, -0.25) is 4.57 Å². The molecule has 0 bridgehead atoms. The van der Waals surface area contributed by atoms with Crippen LogP contribution in [0.3, 0.4) is 0 Å². The monoisotopic (exact) mass is 292 g/mol. The van der Waals surface area contributed by atoms with Crippen LogP contribution in [0.4, 0.5) is 5.95 Å². The van der Waals surface area contributed by atoms with E-state index >= 15 is 0 Å². The van der Waals surface area contributed by atoms with Crippen molar-refractivity contribution in [1.82, 2.24) is 24.5 Å². The first-order valence-electron chi connectivity index (χ1n) is 6.68. The minimum absolute atomic E-state index is 0.210. The van der Waals surface area contributed by atoms with Crippen LogP contribution < -0.4 is 4.90 Å². The Hall–Kier alpha value is -1.69. The number of aromatic nitrogens is 5. The molecule has 3 rings (SSSR count). The van der Waals surface area contributed by atoms with E-state index < -0.39 is 0 Å². The Bertz CT molecular complexity index is 595. The molecule has 0 spiro atoms. The average Bonchev–Trinajstić information content (AvgIpc) is 2.90. The van der Waals surface area contributed by atoms with E-state index in [1.807, 2.05) is 0 Å². The number of hydrogen-bond acceptors (Lipinski definition) is 5. The third-order valence-electron chi connectivity index (χ3n) is 3.50. The summed E-state index contributed by atoms with van der Waals surface area (Å²) in [5.74, 6) is 1.14. The maximum atomic E-state index is 6.03. The summed E-state index contributed by atoms with van der Waals surface area (Å²) in [6, 6.07) is 0. The average molecular weight is 293 g/mol. The van der Waals surface area contributed by atoms with Crippen molar-refractivity contribution in [1.29, 1.82) is 0 Å². The quantitative estimate of drug-likeness (QED) is 0.850. The predicted molar refractivity (Wildman–Crippen MR) is 77.2 cm³/mol. The standard InChI is InChI=1S/C13H17ClN6/c1-13(2)4-3-6-19(8-13)11-16-10(14)17-12(18-11)20-7-5-15-9-20/h5,7,9H,3-4,6,8H2,1-2H3. The van der Waals surface area contributed by atoms with Crippen molar-refractivity contribution in [3.63, 3.8) is 0 Å². The van der Waals surface area contributed by atoms with Gasteiger partial charge in [0.2, 0.25) is 17.2 Å². The third-order valence-corrected chi connectivity index (χ3v) is 3.67. The summed E-state index contributed by atoms with van der Waals surface area (Å²) >= 11 is 6.03. The summed E-state index contributed by atoms with van der Waals surface area (Å²) in [5.41, 5.74) is 0.270. The number of imidazole rings is 1. The molecule has 0 aromatic carbocycles. The highest BCUT2D eigenvalue weighted by Gasteiger charge is 2.28. The number of piperidine rings is 1. The van der Waals surface area contributed by atoms with Crippen molar-refractivity contribution in [2.45, 2.75) is 26.7 Å². The first kappa shape index (κ1) is 13.3. The largest absolute Gasteiger partial charge is 0.340 e. The van der Waals surface area contributed by atoms with Crippen LogP contribution in [0.5, 0.6) is 0 Å². The van der Waals surface area contributed by atoms with Gasteiger partial charge in [0.1, 0.15) is 6.33 Å². The molecule has 6 nitrogen and oxygen atoms in total. The highest BCUT2D eigenvalue weighted by Crippen LogP contribution is 2.30. The van der Waals surface area contributed by atoms with Crippen LogP contribution in [-0.4, -0.2) is 37.6 Å². The van der Waals surface area contributed by atoms with Crippen LogP contribution in [0.25, 0.3) is 5.95 Å². The molecule has 3 heterocycles. The van der Waals surface area contributed by atoms with Crippen molar-refractivity contribution < 1.29 is 0 Å². The Kier molecular flexibility index (Phi) is 3.33. The van der Waals surface area contributed by atoms with Crippen molar-refractivity contribution in [3.05, 3.63) is 24.0 Å². The molecule has 0 aliphatic carbocycles. The van der Waals surface area contributed by atoms with Crippen LogP contribution >= 0.6 is 11.6 Å². The second-order valence-corrected chi connectivity index (χ2v) is 6.20. The summed E-state index contributed by atoms with van der Waals surface area (Å²) in [7, 11) is 0. The Morgan fingerprint density at radius 1 is 1.20 bits per heavy atom. The van der Waals surface area contributed by atoms with E-state index in [-0.39, 0.29) is 10.7 Å². The fourth-order valence-electron chi connectivity index (χ4n) is 2.56. The van der Waals surface area contributed by atoms with Crippen molar-refractivity contribution in [3.8, 4) is 5.95 Å². The second-order valence-electron chi connectivity index (χ2n) is 5.86. The number of hydrogen-bond donors (Lipinski definition) is 0. The molecule has 1 saturated heterocycles. The van der Waals surface area contributed by atoms with Gasteiger partial charge < -0.3 is 4.90 Å². The van der Waals surface area contributed by atoms with E-state index in [2.05, 4.69) is 38.7 Å². The molecule has 0 saturated carbocycles. The molecule has 0 amide bonds. The van der Waals surface area contributed by atoms with Gasteiger partial charge in [0, 0.05) is 25.5 Å². The molecule has 0 radical (unpaired) electrons. The second kappa shape index (κ2) is 5.01. The zero-order chi connectivity index (χ0) is 14.2. The molecule has 1 fully saturated rings. The van der Waals surface area contributed by atoms with Gasteiger partial charge in [-0.15, -0.1) is 0 Å². The molecule has 7 heteroatoms. The molecule has 2 aromatic rings. The highest BCUT2D eigenvalue weighted by molar-refractivity contribution is 6.28. The van der Waals surface area contributed by atoms with Crippen LogP contribution in [0.15, 0.2) is 18.7 Å². The lowest BCUT2D eigenvalue weighted by molar-refractivity contribution is 0.290. The molecule has 0 atom stereocenters. The summed E-state index contributed by atoms with van der Waals surface area (Å²) < 4.78 is 1.73. The van der Waals surface area contributed by atoms with E-state index in [0.29, 0.717) is 11.9 Å². The Labute approximate surface area is 122 Å². The van der Waals surface area contributed by atoms with Crippen LogP contribution in [-0.2, 0) is 0 Å². The molecular weight excluding hydrogens is 276 g/mol. The molecule has 1 aliphatic rings. The van der Waals surface area contributed by atoms with E-state index in [4.69, 9.17) is 11.6 Å². The SMILES string of the molecule is CC1(C)CCCN(c2nc(Cl)nc(-n3ccnc3)n2)C1. The zero-order valence-electron chi connectivity index (χ0n) is 11.6. The van der Waals surface area contributed by atoms with Crippen molar-refractivity contribution in [2.24, 2.45) is 5.41 Å². The molecule has 0 N–H and O–H groups in total. The third kappa shape index (κ3) is 2.75. The summed E-state index contributed by atoms with van der Waals surface area (Å²) in [4.78, 5) is 19.1. The Balaban J connectivity index is 1.94. The Morgan fingerprint density at radius 2 is 2.00 bits per heavy atom. The molecular formula is C13H17ClN6. The highest BCUT2D eigenvalue weighted by atomic mass is 35.5. The van der Waals surface area contributed by atoms with Gasteiger partial charge >= 0.3 is 0 Å². The summed E-state index contributed by atoms with van der Waals surface area (Å²) in [6.07, 6.45) is 7.47. The zero-order valence-corrected chi connectivity index (χ0v) is 12.4. The minimum Gasteiger partial charge on any atom is -0.340 e. The molecule has 106 valence electrons. The van der Waals surface area contributed by atoms with Gasteiger partial charge in [-0.2, -0.15) is 15.0 Å². The fourth-order valence-corrected chi connectivity index (χ4v) is 2.71. The predicted octanol–water partition coefficient (Wildman–Crippen LogP) is 2.34. The van der Waals surface area contributed by atoms with E-state index in [9.17, 15) is 0 Å². The molecule has 20 heavy (non-hydrogen) atoms. The first-order chi connectivity index (χ1) is 9.53. The lowest BCUT2D eigenvalue weighted by Gasteiger charge is -2.38. The van der Waals surface area contributed by atoms with Gasteiger partial charge in [-0.1, -0.05) is 13.8 Å². The first-order valence-corrected chi connectivity index (χ1v) is 7.06. The van der Waals surface area contributed by atoms with Gasteiger partial charge in [0.15, 0.2) is 0 Å². The maximum Gasteiger partial charge on any atom is 0.241 e. The number of halogens is 1. The van der Waals surface area contributed by atoms with E-state index in [1.165, 1.54) is 6.42 Å². The lowest BCUT2D eigenvalue weighted by atomic mass is 9.84. The van der Waals surface area contributed by atoms with Crippen LogP contribution in [0, 0.1) is 5.41 Å². The van der Waals surface area contributed by atoms with Gasteiger partial charge in [0.25, 0.3) is 0 Å². The van der Waals surface area contributed by atoms with E-state index in [1.54, 1.807) is 23.3 Å². The number of anilines is 1. The fraction of sp³-hybridized carbons (Fsp3) is 0.538. The van der Waals surface area contributed by atoms with Gasteiger partial charge in [-0.05, 0) is 29.9 Å². The van der Waals surface area contributed by atoms with Crippen molar-refractivity contribution in [2.75, 3.05) is 18.0 Å². The van der Waals surface area contributed by atoms with E-state index in [0.717, 1.165) is 19.5 Å². The van der Waals surface area contributed by atoms with Crippen LogP contribution in [0.2, 0.25) is 5.28 Å². The topological polar surface area (TPSA) is 59.7 Å². The smallest absolute Gasteiger partial charge is 0.241 e.